The fourth-order valence-corrected chi connectivity index (χ4v) is 2.41. The molecule has 4 nitrogen and oxygen atoms in total. The summed E-state index contributed by atoms with van der Waals surface area (Å²) in [7, 11) is 0. The Morgan fingerprint density at radius 1 is 1.50 bits per heavy atom. The molecule has 0 aromatic heterocycles. The SMILES string of the molecule is CC1CN(C(=O)C2=CC(C(C)C)=CC(O)C=C2)CCO1. The lowest BCUT2D eigenvalue weighted by molar-refractivity contribution is -0.133. The Balaban J connectivity index is 2.19. The summed E-state index contributed by atoms with van der Waals surface area (Å²) in [5.41, 5.74) is 1.63. The van der Waals surface area contributed by atoms with Crippen molar-refractivity contribution in [3.63, 3.8) is 0 Å². The molecule has 1 N–H and O–H groups in total. The molecule has 0 spiro atoms. The van der Waals surface area contributed by atoms with E-state index in [0.29, 0.717) is 25.3 Å². The Kier molecular flexibility index (Phi) is 4.78. The molecule has 1 heterocycles. The van der Waals surface area contributed by atoms with Gasteiger partial charge in [-0.25, -0.2) is 0 Å². The molecule has 0 bridgehead atoms. The van der Waals surface area contributed by atoms with Gasteiger partial charge in [-0.2, -0.15) is 0 Å². The van der Waals surface area contributed by atoms with Gasteiger partial charge in [-0.1, -0.05) is 26.0 Å². The maximum Gasteiger partial charge on any atom is 0.254 e. The first-order valence-electron chi connectivity index (χ1n) is 7.18. The zero-order valence-corrected chi connectivity index (χ0v) is 12.4. The van der Waals surface area contributed by atoms with Crippen LogP contribution in [0.5, 0.6) is 0 Å². The minimum absolute atomic E-state index is 0.0112. The Morgan fingerprint density at radius 3 is 2.90 bits per heavy atom. The minimum atomic E-state index is -0.627. The summed E-state index contributed by atoms with van der Waals surface area (Å²) in [6.45, 7) is 7.91. The van der Waals surface area contributed by atoms with Crippen LogP contribution in [0.4, 0.5) is 0 Å². The van der Waals surface area contributed by atoms with Crippen molar-refractivity contribution in [1.82, 2.24) is 4.90 Å². The van der Waals surface area contributed by atoms with E-state index in [1.54, 1.807) is 18.2 Å². The lowest BCUT2D eigenvalue weighted by Crippen LogP contribution is -2.44. The van der Waals surface area contributed by atoms with Crippen molar-refractivity contribution in [3.8, 4) is 0 Å². The van der Waals surface area contributed by atoms with Gasteiger partial charge in [0.15, 0.2) is 0 Å². The van der Waals surface area contributed by atoms with E-state index in [1.807, 2.05) is 17.9 Å². The highest BCUT2D eigenvalue weighted by Crippen LogP contribution is 2.20. The minimum Gasteiger partial charge on any atom is -0.385 e. The third kappa shape index (κ3) is 3.58. The van der Waals surface area contributed by atoms with E-state index in [2.05, 4.69) is 13.8 Å². The largest absolute Gasteiger partial charge is 0.385 e. The van der Waals surface area contributed by atoms with Crippen LogP contribution in [0.2, 0.25) is 0 Å². The molecule has 2 aliphatic rings. The van der Waals surface area contributed by atoms with Gasteiger partial charge >= 0.3 is 0 Å². The van der Waals surface area contributed by atoms with Crippen LogP contribution in [0.1, 0.15) is 20.8 Å². The molecule has 20 heavy (non-hydrogen) atoms. The summed E-state index contributed by atoms with van der Waals surface area (Å²) >= 11 is 0. The van der Waals surface area contributed by atoms with Gasteiger partial charge in [0.2, 0.25) is 0 Å². The molecule has 0 aromatic rings. The van der Waals surface area contributed by atoms with E-state index in [-0.39, 0.29) is 17.9 Å². The van der Waals surface area contributed by atoms with Crippen LogP contribution in [-0.2, 0) is 9.53 Å². The molecule has 1 amide bonds. The highest BCUT2D eigenvalue weighted by atomic mass is 16.5. The van der Waals surface area contributed by atoms with E-state index in [9.17, 15) is 9.90 Å². The predicted octanol–water partition coefficient (Wildman–Crippen LogP) is 1.67. The molecule has 2 atom stereocenters. The lowest BCUT2D eigenvalue weighted by Gasteiger charge is -2.31. The first-order valence-corrected chi connectivity index (χ1v) is 7.18. The average Bonchev–Trinajstić information content (AvgIpc) is 2.60. The Hall–Kier alpha value is -1.39. The molecule has 1 aliphatic heterocycles. The van der Waals surface area contributed by atoms with Gasteiger partial charge in [0.25, 0.3) is 5.91 Å². The fourth-order valence-electron chi connectivity index (χ4n) is 2.41. The van der Waals surface area contributed by atoms with E-state index in [0.717, 1.165) is 5.57 Å². The molecule has 1 fully saturated rings. The number of amides is 1. The number of rotatable bonds is 2. The van der Waals surface area contributed by atoms with E-state index in [1.165, 1.54) is 0 Å². The first kappa shape index (κ1) is 15.0. The molecule has 4 heteroatoms. The molecular formula is C16H23NO3. The second-order valence-corrected chi connectivity index (χ2v) is 5.70. The van der Waals surface area contributed by atoms with Crippen LogP contribution in [-0.4, -0.2) is 47.8 Å². The van der Waals surface area contributed by atoms with Crippen LogP contribution in [0.25, 0.3) is 0 Å². The third-order valence-corrected chi connectivity index (χ3v) is 3.60. The molecule has 1 saturated heterocycles. The number of ether oxygens (including phenoxy) is 1. The highest BCUT2D eigenvalue weighted by Gasteiger charge is 2.24. The van der Waals surface area contributed by atoms with Gasteiger partial charge in [-0.15, -0.1) is 0 Å². The number of allylic oxidation sites excluding steroid dienone is 2. The highest BCUT2D eigenvalue weighted by molar-refractivity contribution is 5.97. The summed E-state index contributed by atoms with van der Waals surface area (Å²) in [5.74, 6) is 0.285. The molecule has 0 aromatic carbocycles. The molecule has 2 unspecified atom stereocenters. The van der Waals surface area contributed by atoms with Crippen molar-refractivity contribution < 1.29 is 14.6 Å². The van der Waals surface area contributed by atoms with Crippen LogP contribution in [0.15, 0.2) is 35.5 Å². The van der Waals surface area contributed by atoms with E-state index >= 15 is 0 Å². The molecule has 1 aliphatic carbocycles. The third-order valence-electron chi connectivity index (χ3n) is 3.60. The van der Waals surface area contributed by atoms with Crippen LogP contribution >= 0.6 is 0 Å². The van der Waals surface area contributed by atoms with Gasteiger partial charge < -0.3 is 14.7 Å². The van der Waals surface area contributed by atoms with Gasteiger partial charge in [0, 0.05) is 18.7 Å². The monoisotopic (exact) mass is 277 g/mol. The standard InChI is InChI=1S/C16H23NO3/c1-11(2)14-8-13(4-5-15(18)9-14)16(19)17-6-7-20-12(3)10-17/h4-5,8-9,11-12,15,18H,6-7,10H2,1-3H3. The summed E-state index contributed by atoms with van der Waals surface area (Å²) in [6.07, 6.45) is 6.51. The van der Waals surface area contributed by atoms with Crippen LogP contribution in [0.3, 0.4) is 0 Å². The summed E-state index contributed by atoms with van der Waals surface area (Å²) < 4.78 is 5.46. The second-order valence-electron chi connectivity index (χ2n) is 5.70. The van der Waals surface area contributed by atoms with Gasteiger partial charge in [0.05, 0.1) is 18.8 Å². The number of carbonyl (C=O) groups excluding carboxylic acids is 1. The van der Waals surface area contributed by atoms with Gasteiger partial charge in [-0.05, 0) is 30.6 Å². The number of morpholine rings is 1. The van der Waals surface area contributed by atoms with Crippen molar-refractivity contribution in [2.75, 3.05) is 19.7 Å². The molecule has 110 valence electrons. The topological polar surface area (TPSA) is 49.8 Å². The zero-order chi connectivity index (χ0) is 14.7. The summed E-state index contributed by atoms with van der Waals surface area (Å²) in [4.78, 5) is 14.4. The Labute approximate surface area is 120 Å². The number of hydrogen-bond donors (Lipinski definition) is 1. The maximum atomic E-state index is 12.6. The van der Waals surface area contributed by atoms with Crippen LogP contribution in [0, 0.1) is 5.92 Å². The van der Waals surface area contributed by atoms with Crippen molar-refractivity contribution in [2.24, 2.45) is 5.92 Å². The molecular weight excluding hydrogens is 254 g/mol. The summed E-state index contributed by atoms with van der Waals surface area (Å²) in [6, 6.07) is 0. The van der Waals surface area contributed by atoms with E-state index < -0.39 is 6.10 Å². The molecule has 2 rings (SSSR count). The Bertz CT molecular complexity index is 462. The smallest absolute Gasteiger partial charge is 0.254 e. The van der Waals surface area contributed by atoms with Crippen molar-refractivity contribution in [3.05, 3.63) is 35.5 Å². The molecule has 0 radical (unpaired) electrons. The number of nitrogens with zero attached hydrogens (tertiary/aromatic N) is 1. The first-order chi connectivity index (χ1) is 9.47. The molecule has 0 saturated carbocycles. The second kappa shape index (κ2) is 6.37. The van der Waals surface area contributed by atoms with Gasteiger partial charge in [-0.3, -0.25) is 4.79 Å². The zero-order valence-electron chi connectivity index (χ0n) is 12.4. The average molecular weight is 277 g/mol. The van der Waals surface area contributed by atoms with Crippen LogP contribution < -0.4 is 0 Å². The lowest BCUT2D eigenvalue weighted by atomic mass is 10.00. The summed E-state index contributed by atoms with van der Waals surface area (Å²) in [5, 5.41) is 9.82. The van der Waals surface area contributed by atoms with Crippen molar-refractivity contribution in [2.45, 2.75) is 33.0 Å². The number of hydrogen-bond acceptors (Lipinski definition) is 3. The maximum absolute atomic E-state index is 12.6. The van der Waals surface area contributed by atoms with E-state index in [4.69, 9.17) is 4.74 Å². The number of carbonyl (C=O) groups is 1. The van der Waals surface area contributed by atoms with Gasteiger partial charge in [0.1, 0.15) is 0 Å². The van der Waals surface area contributed by atoms with Crippen molar-refractivity contribution >= 4 is 5.91 Å². The normalized spacial score (nSPS) is 27.1. The fraction of sp³-hybridized carbons (Fsp3) is 0.562. The van der Waals surface area contributed by atoms with Crippen molar-refractivity contribution in [1.29, 1.82) is 0 Å². The Morgan fingerprint density at radius 2 is 2.25 bits per heavy atom. The number of aliphatic hydroxyl groups is 1. The predicted molar refractivity (Wildman–Crippen MR) is 78.1 cm³/mol. The quantitative estimate of drug-likeness (QED) is 0.835. The number of aliphatic hydroxyl groups excluding tert-OH is 1.